The van der Waals surface area contributed by atoms with Crippen LogP contribution in [0.1, 0.15) is 23.4 Å². The Morgan fingerprint density at radius 2 is 2.24 bits per heavy atom. The van der Waals surface area contributed by atoms with Crippen molar-refractivity contribution in [2.24, 2.45) is 0 Å². The topological polar surface area (TPSA) is 59.3 Å². The van der Waals surface area contributed by atoms with E-state index in [1.54, 1.807) is 13.0 Å². The summed E-state index contributed by atoms with van der Waals surface area (Å²) in [6.07, 6.45) is 2.84. The molecule has 1 aliphatic carbocycles. The summed E-state index contributed by atoms with van der Waals surface area (Å²) in [5, 5.41) is 10.9. The summed E-state index contributed by atoms with van der Waals surface area (Å²) in [5.74, 6) is 0. The molecule has 1 heterocycles. The van der Waals surface area contributed by atoms with Crippen LogP contribution < -0.4 is 0 Å². The maximum atomic E-state index is 10.9. The van der Waals surface area contributed by atoms with Crippen LogP contribution in [0.25, 0.3) is 0 Å². The Morgan fingerprint density at radius 3 is 2.82 bits per heavy atom. The van der Waals surface area contributed by atoms with Gasteiger partial charge in [-0.05, 0) is 45.8 Å². The van der Waals surface area contributed by atoms with Crippen molar-refractivity contribution >= 4 is 5.69 Å². The highest BCUT2D eigenvalue weighted by Crippen LogP contribution is 2.27. The molecule has 0 saturated heterocycles. The first-order chi connectivity index (χ1) is 7.99. The zero-order chi connectivity index (χ0) is 12.6. The van der Waals surface area contributed by atoms with E-state index in [-0.39, 0.29) is 10.6 Å². The summed E-state index contributed by atoms with van der Waals surface area (Å²) in [5.41, 5.74) is 2.73. The molecule has 0 amide bonds. The first-order valence-electron chi connectivity index (χ1n) is 5.79. The second kappa shape index (κ2) is 4.41. The summed E-state index contributed by atoms with van der Waals surface area (Å²) in [4.78, 5) is 17.1. The third kappa shape index (κ3) is 2.29. The Balaban J connectivity index is 2.37. The number of hydrogen-bond acceptors (Lipinski definition) is 4. The van der Waals surface area contributed by atoms with E-state index in [0.717, 1.165) is 30.5 Å². The van der Waals surface area contributed by atoms with Gasteiger partial charge in [0, 0.05) is 17.8 Å². The Kier molecular flexibility index (Phi) is 3.11. The van der Waals surface area contributed by atoms with E-state index in [1.165, 1.54) is 0 Å². The number of nitrogens with zero attached hydrogens (tertiary/aromatic N) is 3. The molecular formula is C12H17N3O2. The number of aromatic nitrogens is 1. The summed E-state index contributed by atoms with van der Waals surface area (Å²) in [7, 11) is 4.09. The first-order valence-corrected chi connectivity index (χ1v) is 5.79. The monoisotopic (exact) mass is 235 g/mol. The second-order valence-electron chi connectivity index (χ2n) is 4.82. The molecule has 0 aliphatic heterocycles. The van der Waals surface area contributed by atoms with Crippen LogP contribution in [0, 0.1) is 17.0 Å². The van der Waals surface area contributed by atoms with Gasteiger partial charge in [0.15, 0.2) is 0 Å². The van der Waals surface area contributed by atoms with E-state index in [2.05, 4.69) is 9.88 Å². The van der Waals surface area contributed by atoms with Crippen molar-refractivity contribution in [2.75, 3.05) is 14.1 Å². The largest absolute Gasteiger partial charge is 0.306 e. The Labute approximate surface area is 101 Å². The lowest BCUT2D eigenvalue weighted by Gasteiger charge is -2.29. The van der Waals surface area contributed by atoms with Gasteiger partial charge >= 0.3 is 0 Å². The molecule has 0 saturated carbocycles. The van der Waals surface area contributed by atoms with Crippen LogP contribution in [0.4, 0.5) is 5.69 Å². The molecule has 0 bridgehead atoms. The van der Waals surface area contributed by atoms with E-state index in [4.69, 9.17) is 0 Å². The number of aryl methyl sites for hydroxylation is 2. The highest BCUT2D eigenvalue weighted by molar-refractivity contribution is 5.41. The van der Waals surface area contributed by atoms with E-state index in [0.29, 0.717) is 11.7 Å². The van der Waals surface area contributed by atoms with Crippen LogP contribution in [0.15, 0.2) is 6.07 Å². The zero-order valence-electron chi connectivity index (χ0n) is 10.4. The predicted octanol–water partition coefficient (Wildman–Crippen LogP) is 1.72. The Morgan fingerprint density at radius 1 is 1.53 bits per heavy atom. The van der Waals surface area contributed by atoms with Crippen molar-refractivity contribution in [3.63, 3.8) is 0 Å². The van der Waals surface area contributed by atoms with Gasteiger partial charge in [0.25, 0.3) is 5.69 Å². The molecule has 0 fully saturated rings. The summed E-state index contributed by atoms with van der Waals surface area (Å²) >= 11 is 0. The summed E-state index contributed by atoms with van der Waals surface area (Å²) in [6, 6.07) is 2.17. The minimum Gasteiger partial charge on any atom is -0.306 e. The Hall–Kier alpha value is -1.49. The van der Waals surface area contributed by atoms with Gasteiger partial charge in [-0.15, -0.1) is 0 Å². The van der Waals surface area contributed by atoms with Crippen LogP contribution in [-0.4, -0.2) is 34.9 Å². The van der Waals surface area contributed by atoms with Gasteiger partial charge in [0.2, 0.25) is 0 Å². The molecule has 1 aliphatic rings. The highest BCUT2D eigenvalue weighted by atomic mass is 16.6. The van der Waals surface area contributed by atoms with Crippen molar-refractivity contribution in [3.05, 3.63) is 33.1 Å². The molecule has 1 aromatic rings. The van der Waals surface area contributed by atoms with Crippen molar-refractivity contribution < 1.29 is 4.92 Å². The minimum absolute atomic E-state index is 0.142. The van der Waals surface area contributed by atoms with Gasteiger partial charge in [0.05, 0.1) is 4.92 Å². The fraction of sp³-hybridized carbons (Fsp3) is 0.583. The van der Waals surface area contributed by atoms with E-state index in [9.17, 15) is 10.1 Å². The van der Waals surface area contributed by atoms with E-state index < -0.39 is 0 Å². The Bertz CT molecular complexity index is 457. The van der Waals surface area contributed by atoms with Crippen LogP contribution in [0.3, 0.4) is 0 Å². The average Bonchev–Trinajstić information content (AvgIpc) is 2.27. The number of pyridine rings is 1. The minimum atomic E-state index is -0.345. The number of hydrogen-bond donors (Lipinski definition) is 0. The van der Waals surface area contributed by atoms with E-state index >= 15 is 0 Å². The number of fused-ring (bicyclic) bond motifs is 1. The van der Waals surface area contributed by atoms with Crippen molar-refractivity contribution in [1.82, 2.24) is 9.88 Å². The quantitative estimate of drug-likeness (QED) is 0.578. The predicted molar refractivity (Wildman–Crippen MR) is 65.1 cm³/mol. The SMILES string of the molecule is Cc1nc2c(cc1[N+](=O)[O-])CC(N(C)C)CC2. The molecule has 0 N–H and O–H groups in total. The van der Waals surface area contributed by atoms with Gasteiger partial charge in [-0.1, -0.05) is 0 Å². The lowest BCUT2D eigenvalue weighted by Crippen LogP contribution is -2.34. The lowest BCUT2D eigenvalue weighted by atomic mass is 9.90. The lowest BCUT2D eigenvalue weighted by molar-refractivity contribution is -0.385. The molecule has 1 unspecified atom stereocenters. The maximum Gasteiger partial charge on any atom is 0.290 e. The van der Waals surface area contributed by atoms with Crippen molar-refractivity contribution in [3.8, 4) is 0 Å². The van der Waals surface area contributed by atoms with E-state index in [1.807, 2.05) is 14.1 Å². The molecule has 1 atom stereocenters. The van der Waals surface area contributed by atoms with Gasteiger partial charge in [0.1, 0.15) is 5.69 Å². The molecule has 2 rings (SSSR count). The summed E-state index contributed by atoms with van der Waals surface area (Å²) in [6.45, 7) is 1.70. The molecule has 0 aromatic carbocycles. The first kappa shape index (κ1) is 12.0. The molecule has 5 heteroatoms. The fourth-order valence-corrected chi connectivity index (χ4v) is 2.36. The standard InChI is InChI=1S/C12H17N3O2/c1-8-12(15(16)17)7-9-6-10(14(2)3)4-5-11(9)13-8/h7,10H,4-6H2,1-3H3. The zero-order valence-corrected chi connectivity index (χ0v) is 10.4. The van der Waals surface area contributed by atoms with Crippen LogP contribution in [0.2, 0.25) is 0 Å². The normalized spacial score (nSPS) is 19.2. The van der Waals surface area contributed by atoms with Gasteiger partial charge in [-0.3, -0.25) is 15.1 Å². The molecule has 17 heavy (non-hydrogen) atoms. The molecule has 0 spiro atoms. The van der Waals surface area contributed by atoms with Gasteiger partial charge in [-0.2, -0.15) is 0 Å². The van der Waals surface area contributed by atoms with Crippen molar-refractivity contribution in [1.29, 1.82) is 0 Å². The maximum absolute atomic E-state index is 10.9. The number of nitro groups is 1. The molecule has 5 nitrogen and oxygen atoms in total. The van der Waals surface area contributed by atoms with Crippen LogP contribution >= 0.6 is 0 Å². The van der Waals surface area contributed by atoms with Gasteiger partial charge in [-0.25, -0.2) is 0 Å². The summed E-state index contributed by atoms with van der Waals surface area (Å²) < 4.78 is 0. The smallest absolute Gasteiger partial charge is 0.290 e. The van der Waals surface area contributed by atoms with Crippen molar-refractivity contribution in [2.45, 2.75) is 32.2 Å². The average molecular weight is 235 g/mol. The fourth-order valence-electron chi connectivity index (χ4n) is 2.36. The molecule has 0 radical (unpaired) electrons. The number of rotatable bonds is 2. The second-order valence-corrected chi connectivity index (χ2v) is 4.82. The number of likely N-dealkylation sites (N-methyl/N-ethyl adjacent to an activating group) is 1. The van der Waals surface area contributed by atoms with Crippen LogP contribution in [-0.2, 0) is 12.8 Å². The molecule has 92 valence electrons. The molecular weight excluding hydrogens is 218 g/mol. The van der Waals surface area contributed by atoms with Gasteiger partial charge < -0.3 is 4.90 Å². The third-order valence-corrected chi connectivity index (χ3v) is 3.45. The highest BCUT2D eigenvalue weighted by Gasteiger charge is 2.24. The third-order valence-electron chi connectivity index (χ3n) is 3.45. The molecule has 1 aromatic heterocycles. The van der Waals surface area contributed by atoms with Crippen LogP contribution in [0.5, 0.6) is 0 Å².